The normalized spacial score (nSPS) is 24.1. The van der Waals surface area contributed by atoms with Gasteiger partial charge < -0.3 is 19.9 Å². The van der Waals surface area contributed by atoms with Gasteiger partial charge in [-0.25, -0.2) is 0 Å². The smallest absolute Gasteiger partial charge is 0.199 e. The first-order chi connectivity index (χ1) is 7.38. The van der Waals surface area contributed by atoms with E-state index in [1.165, 1.54) is 0 Å². The Morgan fingerprint density at radius 3 is 3.07 bits per heavy atom. The van der Waals surface area contributed by atoms with Crippen LogP contribution in [0.25, 0.3) is 0 Å². The Morgan fingerprint density at radius 2 is 2.33 bits per heavy atom. The molecule has 15 heavy (non-hydrogen) atoms. The molecule has 0 radical (unpaired) electrons. The minimum Gasteiger partial charge on any atom is -0.373 e. The lowest BCUT2D eigenvalue weighted by molar-refractivity contribution is 0.0143. The summed E-state index contributed by atoms with van der Waals surface area (Å²) >= 11 is 3.91. The number of epoxide rings is 1. The second-order valence-electron chi connectivity index (χ2n) is 3.28. The molecule has 2 unspecified atom stereocenters. The molecule has 0 saturated carbocycles. The fourth-order valence-corrected chi connectivity index (χ4v) is 1.30. The van der Waals surface area contributed by atoms with E-state index in [9.17, 15) is 0 Å². The minimum atomic E-state index is -0.105. The van der Waals surface area contributed by atoms with Gasteiger partial charge in [0, 0.05) is 0 Å². The quantitative estimate of drug-likeness (QED) is 0.153. The highest BCUT2D eigenvalue weighted by atomic mass is 32.1. The van der Waals surface area contributed by atoms with Gasteiger partial charge in [0.1, 0.15) is 0 Å². The fraction of sp³-hybridized carbons (Fsp3) is 1.00. The average Bonchev–Trinajstić information content (AvgIpc) is 2.99. The van der Waals surface area contributed by atoms with Gasteiger partial charge in [-0.3, -0.25) is 5.32 Å². The molecule has 3 N–H and O–H groups in total. The maximum Gasteiger partial charge on any atom is 0.199 e. The van der Waals surface area contributed by atoms with Crippen LogP contribution in [-0.2, 0) is 14.2 Å². The van der Waals surface area contributed by atoms with E-state index in [0.29, 0.717) is 19.2 Å². The second kappa shape index (κ2) is 8.38. The van der Waals surface area contributed by atoms with Crippen molar-refractivity contribution in [3.05, 3.63) is 0 Å². The summed E-state index contributed by atoms with van der Waals surface area (Å²) in [7, 11) is 0.744. The number of hydrogen-bond donors (Lipinski definition) is 3. The largest absolute Gasteiger partial charge is 0.373 e. The number of rotatable bonds is 10. The Bertz CT molecular complexity index is 151. The lowest BCUT2D eigenvalue weighted by atomic mass is 9.89. The van der Waals surface area contributed by atoms with Crippen molar-refractivity contribution in [3.63, 3.8) is 0 Å². The molecule has 0 aromatic carbocycles. The molecule has 7 heteroatoms. The van der Waals surface area contributed by atoms with Crippen LogP contribution in [0.15, 0.2) is 0 Å². The summed E-state index contributed by atoms with van der Waals surface area (Å²) in [4.78, 5) is 0. The summed E-state index contributed by atoms with van der Waals surface area (Å²) in [6, 6.07) is 0. The highest BCUT2D eigenvalue weighted by Gasteiger charge is 2.39. The van der Waals surface area contributed by atoms with E-state index in [4.69, 9.17) is 19.9 Å². The maximum absolute atomic E-state index is 5.38. The van der Waals surface area contributed by atoms with Crippen LogP contribution in [0.1, 0.15) is 6.42 Å². The number of nitrogens with one attached hydrogen (secondary N) is 1. The predicted octanol–water partition coefficient (Wildman–Crippen LogP) is -0.702. The topological polar surface area (TPSA) is 69.0 Å². The van der Waals surface area contributed by atoms with Crippen molar-refractivity contribution >= 4 is 20.0 Å². The van der Waals surface area contributed by atoms with Crippen LogP contribution in [0, 0.1) is 0 Å². The molecule has 1 saturated heterocycles. The van der Waals surface area contributed by atoms with E-state index in [1.807, 2.05) is 0 Å². The van der Waals surface area contributed by atoms with Gasteiger partial charge in [-0.1, -0.05) is 6.32 Å². The first kappa shape index (κ1) is 13.3. The maximum atomic E-state index is 5.38. The summed E-state index contributed by atoms with van der Waals surface area (Å²) < 4.78 is 15.6. The molecule has 1 heterocycles. The molecular weight excluding hydrogens is 215 g/mol. The van der Waals surface area contributed by atoms with Gasteiger partial charge in [-0.05, 0) is 13.0 Å². The van der Waals surface area contributed by atoms with E-state index in [2.05, 4.69) is 17.9 Å². The molecule has 0 bridgehead atoms. The molecule has 2 atom stereocenters. The van der Waals surface area contributed by atoms with Crippen molar-refractivity contribution in [1.82, 2.24) is 5.32 Å². The Labute approximate surface area is 96.7 Å². The molecule has 1 aliphatic heterocycles. The van der Waals surface area contributed by atoms with Crippen molar-refractivity contribution in [2.24, 2.45) is 5.64 Å². The monoisotopic (exact) mass is 234 g/mol. The van der Waals surface area contributed by atoms with Crippen molar-refractivity contribution in [2.45, 2.75) is 25.3 Å². The number of thiol groups is 1. The van der Waals surface area contributed by atoms with Crippen molar-refractivity contribution < 1.29 is 14.2 Å². The Morgan fingerprint density at radius 1 is 1.47 bits per heavy atom. The van der Waals surface area contributed by atoms with E-state index < -0.39 is 0 Å². The van der Waals surface area contributed by atoms with Crippen LogP contribution in [0.4, 0.5) is 0 Å². The number of nitrogens with two attached hydrogens (primary N) is 1. The summed E-state index contributed by atoms with van der Waals surface area (Å²) in [6.45, 7) is 2.03. The highest BCUT2D eigenvalue weighted by molar-refractivity contribution is 7.80. The SMILES string of the molecule is NBCCCNC1OC1OCCOCS. The lowest BCUT2D eigenvalue weighted by Gasteiger charge is -2.01. The molecule has 0 aromatic rings. The highest BCUT2D eigenvalue weighted by Crippen LogP contribution is 2.20. The third kappa shape index (κ3) is 6.39. The third-order valence-corrected chi connectivity index (χ3v) is 2.21. The zero-order valence-electron chi connectivity index (χ0n) is 8.85. The van der Waals surface area contributed by atoms with Gasteiger partial charge >= 0.3 is 0 Å². The molecule has 88 valence electrons. The number of ether oxygens (including phenoxy) is 3. The predicted molar refractivity (Wildman–Crippen MR) is 63.2 cm³/mol. The zero-order chi connectivity index (χ0) is 10.9. The molecule has 0 spiro atoms. The lowest BCUT2D eigenvalue weighted by Crippen LogP contribution is -2.23. The molecule has 1 aliphatic rings. The van der Waals surface area contributed by atoms with Crippen LogP contribution in [-0.4, -0.2) is 45.6 Å². The average molecular weight is 234 g/mol. The Hall–Kier alpha value is 0.215. The summed E-state index contributed by atoms with van der Waals surface area (Å²) in [5, 5.41) is 3.22. The fourth-order valence-electron chi connectivity index (χ4n) is 1.17. The van der Waals surface area contributed by atoms with Gasteiger partial charge in [0.05, 0.1) is 19.2 Å². The molecule has 0 aliphatic carbocycles. The second-order valence-corrected chi connectivity index (χ2v) is 3.54. The molecular formula is C8H19BN2O3S. The first-order valence-electron chi connectivity index (χ1n) is 5.27. The van der Waals surface area contributed by atoms with Gasteiger partial charge in [0.15, 0.2) is 19.9 Å². The van der Waals surface area contributed by atoms with Crippen LogP contribution in [0.2, 0.25) is 6.32 Å². The minimum absolute atomic E-state index is 0.0544. The van der Waals surface area contributed by atoms with Crippen LogP contribution in [0.3, 0.4) is 0 Å². The van der Waals surface area contributed by atoms with Crippen molar-refractivity contribution in [3.8, 4) is 0 Å². The molecule has 0 aromatic heterocycles. The Balaban J connectivity index is 1.81. The van der Waals surface area contributed by atoms with Crippen molar-refractivity contribution in [2.75, 3.05) is 25.7 Å². The van der Waals surface area contributed by atoms with Crippen LogP contribution >= 0.6 is 12.6 Å². The summed E-state index contributed by atoms with van der Waals surface area (Å²) in [5.74, 6) is 0.426. The summed E-state index contributed by atoms with van der Waals surface area (Å²) in [5.41, 5.74) is 5.38. The Kier molecular flexibility index (Phi) is 7.42. The molecule has 1 rings (SSSR count). The van der Waals surface area contributed by atoms with E-state index in [0.717, 1.165) is 26.7 Å². The van der Waals surface area contributed by atoms with E-state index in [-0.39, 0.29) is 12.5 Å². The van der Waals surface area contributed by atoms with E-state index in [1.54, 1.807) is 0 Å². The standard InChI is InChI=1S/C8H19BN2O3S/c10-9-2-1-3-11-7-8(14-7)13-5-4-12-6-15/h7-9,11,15H,1-6,10H2. The van der Waals surface area contributed by atoms with Gasteiger partial charge in [-0.2, -0.15) is 12.6 Å². The third-order valence-electron chi connectivity index (χ3n) is 2.03. The van der Waals surface area contributed by atoms with Gasteiger partial charge in [-0.15, -0.1) is 0 Å². The van der Waals surface area contributed by atoms with Crippen LogP contribution in [0.5, 0.6) is 0 Å². The summed E-state index contributed by atoms with van der Waals surface area (Å²) in [6.07, 6.45) is 2.07. The van der Waals surface area contributed by atoms with E-state index >= 15 is 0 Å². The number of hydrogen-bond acceptors (Lipinski definition) is 6. The molecule has 1 fully saturated rings. The van der Waals surface area contributed by atoms with Gasteiger partial charge in [0.2, 0.25) is 0 Å². The van der Waals surface area contributed by atoms with Crippen molar-refractivity contribution in [1.29, 1.82) is 0 Å². The van der Waals surface area contributed by atoms with Crippen LogP contribution < -0.4 is 11.0 Å². The zero-order valence-corrected chi connectivity index (χ0v) is 9.75. The van der Waals surface area contributed by atoms with Gasteiger partial charge in [0.25, 0.3) is 0 Å². The first-order valence-corrected chi connectivity index (χ1v) is 5.91. The molecule has 0 amide bonds. The molecule has 5 nitrogen and oxygen atoms in total.